The molecule has 1 saturated carbocycles. The van der Waals surface area contributed by atoms with Crippen LogP contribution >= 0.6 is 0 Å². The number of nitrogens with zero attached hydrogens (tertiary/aromatic N) is 3. The third-order valence-electron chi connectivity index (χ3n) is 5.52. The molecule has 0 radical (unpaired) electrons. The van der Waals surface area contributed by atoms with Crippen molar-refractivity contribution in [3.8, 4) is 0 Å². The quantitative estimate of drug-likeness (QED) is 0.690. The van der Waals surface area contributed by atoms with Crippen LogP contribution in [-0.2, 0) is 16.1 Å². The molecule has 2 fully saturated rings. The monoisotopic (exact) mass is 361 g/mol. The zero-order valence-corrected chi connectivity index (χ0v) is 15.9. The molecule has 1 saturated heterocycles. The largest absolute Gasteiger partial charge is 0.355 e. The van der Waals surface area contributed by atoms with Gasteiger partial charge in [0.1, 0.15) is 0 Å². The summed E-state index contributed by atoms with van der Waals surface area (Å²) in [6, 6.07) is 2.62. The Morgan fingerprint density at radius 2 is 1.96 bits per heavy atom. The van der Waals surface area contributed by atoms with Crippen molar-refractivity contribution in [2.24, 2.45) is 5.92 Å². The van der Waals surface area contributed by atoms with Gasteiger partial charge in [-0.2, -0.15) is 5.10 Å². The zero-order chi connectivity index (χ0) is 18.5. The van der Waals surface area contributed by atoms with Gasteiger partial charge in [0, 0.05) is 57.0 Å². The standard InChI is InChI=1S/C19H31N5O2/c1-14-7-8-22-24(14)10-9-20-19(26)11-17-5-6-18(12-21-15(2)25)23(17)13-16-3-4-16/h7-8,16-18H,3-6,9-13H2,1-2H3,(H,20,26)(H,21,25)/t17-,18+/m0/s1. The molecule has 3 rings (SSSR count). The Labute approximate surface area is 155 Å². The van der Waals surface area contributed by atoms with Crippen LogP contribution in [0.25, 0.3) is 0 Å². The third kappa shape index (κ3) is 5.30. The Kier molecular flexibility index (Phi) is 6.29. The first-order valence-corrected chi connectivity index (χ1v) is 9.78. The molecule has 0 aromatic carbocycles. The van der Waals surface area contributed by atoms with Crippen LogP contribution in [0.1, 0.15) is 44.7 Å². The summed E-state index contributed by atoms with van der Waals surface area (Å²) in [5, 5.41) is 10.2. The summed E-state index contributed by atoms with van der Waals surface area (Å²) in [4.78, 5) is 26.1. The Morgan fingerprint density at radius 1 is 1.19 bits per heavy atom. The third-order valence-corrected chi connectivity index (χ3v) is 5.52. The molecular formula is C19H31N5O2. The summed E-state index contributed by atoms with van der Waals surface area (Å²) in [5.74, 6) is 0.911. The summed E-state index contributed by atoms with van der Waals surface area (Å²) in [6.07, 6.45) is 7.00. The Hall–Kier alpha value is -1.89. The van der Waals surface area contributed by atoms with Crippen molar-refractivity contribution in [2.45, 2.75) is 64.6 Å². The van der Waals surface area contributed by atoms with Crippen LogP contribution in [0.15, 0.2) is 12.3 Å². The van der Waals surface area contributed by atoms with Gasteiger partial charge in [-0.25, -0.2) is 0 Å². The molecule has 144 valence electrons. The number of likely N-dealkylation sites (tertiary alicyclic amines) is 1. The van der Waals surface area contributed by atoms with Gasteiger partial charge in [-0.05, 0) is 44.6 Å². The topological polar surface area (TPSA) is 79.3 Å². The predicted octanol–water partition coefficient (Wildman–Crippen LogP) is 1.08. The molecule has 2 N–H and O–H groups in total. The fourth-order valence-corrected chi connectivity index (χ4v) is 3.83. The summed E-state index contributed by atoms with van der Waals surface area (Å²) in [5.41, 5.74) is 1.10. The van der Waals surface area contributed by atoms with E-state index in [4.69, 9.17) is 0 Å². The minimum atomic E-state index is 0.0199. The van der Waals surface area contributed by atoms with E-state index in [2.05, 4.69) is 20.6 Å². The van der Waals surface area contributed by atoms with E-state index in [1.807, 2.05) is 17.7 Å². The minimum Gasteiger partial charge on any atom is -0.355 e. The number of carbonyl (C=O) groups excluding carboxylic acids is 2. The molecule has 2 heterocycles. The summed E-state index contributed by atoms with van der Waals surface area (Å²) in [7, 11) is 0. The van der Waals surface area contributed by atoms with Gasteiger partial charge in [0.05, 0.1) is 6.54 Å². The second kappa shape index (κ2) is 8.66. The van der Waals surface area contributed by atoms with E-state index in [0.29, 0.717) is 38.1 Å². The van der Waals surface area contributed by atoms with Gasteiger partial charge in [-0.3, -0.25) is 19.2 Å². The van der Waals surface area contributed by atoms with E-state index < -0.39 is 0 Å². The first-order chi connectivity index (χ1) is 12.5. The summed E-state index contributed by atoms with van der Waals surface area (Å²) in [6.45, 7) is 6.64. The Morgan fingerprint density at radius 3 is 2.62 bits per heavy atom. The van der Waals surface area contributed by atoms with Gasteiger partial charge in [0.15, 0.2) is 0 Å². The van der Waals surface area contributed by atoms with Gasteiger partial charge >= 0.3 is 0 Å². The first kappa shape index (κ1) is 18.9. The molecule has 1 aliphatic carbocycles. The highest BCUT2D eigenvalue weighted by molar-refractivity contribution is 5.76. The smallest absolute Gasteiger partial charge is 0.221 e. The average Bonchev–Trinajstić information content (AvgIpc) is 3.21. The highest BCUT2D eigenvalue weighted by Crippen LogP contribution is 2.35. The van der Waals surface area contributed by atoms with Gasteiger partial charge in [0.25, 0.3) is 0 Å². The number of aryl methyl sites for hydroxylation is 1. The Balaban J connectivity index is 1.46. The summed E-state index contributed by atoms with van der Waals surface area (Å²) >= 11 is 0. The van der Waals surface area contributed by atoms with Crippen LogP contribution < -0.4 is 10.6 Å². The lowest BCUT2D eigenvalue weighted by Crippen LogP contribution is -2.45. The van der Waals surface area contributed by atoms with E-state index in [-0.39, 0.29) is 11.8 Å². The second-order valence-corrected chi connectivity index (χ2v) is 7.71. The molecule has 7 heteroatoms. The molecule has 2 amide bonds. The van der Waals surface area contributed by atoms with Crippen molar-refractivity contribution in [1.82, 2.24) is 25.3 Å². The first-order valence-electron chi connectivity index (χ1n) is 9.78. The number of amides is 2. The molecule has 2 atom stereocenters. The number of carbonyl (C=O) groups is 2. The van der Waals surface area contributed by atoms with E-state index in [0.717, 1.165) is 31.0 Å². The molecular weight excluding hydrogens is 330 g/mol. The zero-order valence-electron chi connectivity index (χ0n) is 15.9. The van der Waals surface area contributed by atoms with Crippen molar-refractivity contribution in [3.05, 3.63) is 18.0 Å². The molecule has 7 nitrogen and oxygen atoms in total. The van der Waals surface area contributed by atoms with Crippen molar-refractivity contribution >= 4 is 11.8 Å². The van der Waals surface area contributed by atoms with Crippen molar-refractivity contribution in [1.29, 1.82) is 0 Å². The second-order valence-electron chi connectivity index (χ2n) is 7.71. The van der Waals surface area contributed by atoms with Crippen LogP contribution in [0, 0.1) is 12.8 Å². The molecule has 2 aliphatic rings. The number of hydrogen-bond acceptors (Lipinski definition) is 4. The van der Waals surface area contributed by atoms with E-state index in [9.17, 15) is 9.59 Å². The van der Waals surface area contributed by atoms with Crippen LogP contribution in [-0.4, -0.2) is 58.2 Å². The van der Waals surface area contributed by atoms with E-state index in [1.165, 1.54) is 12.8 Å². The fourth-order valence-electron chi connectivity index (χ4n) is 3.83. The number of hydrogen-bond donors (Lipinski definition) is 2. The fraction of sp³-hybridized carbons (Fsp3) is 0.737. The maximum Gasteiger partial charge on any atom is 0.221 e. The lowest BCUT2D eigenvalue weighted by molar-refractivity contribution is -0.122. The maximum atomic E-state index is 12.4. The van der Waals surface area contributed by atoms with Crippen LogP contribution in [0.2, 0.25) is 0 Å². The van der Waals surface area contributed by atoms with E-state index in [1.54, 1.807) is 13.1 Å². The van der Waals surface area contributed by atoms with Crippen molar-refractivity contribution in [3.63, 3.8) is 0 Å². The normalized spacial score (nSPS) is 23.2. The number of rotatable bonds is 9. The average molecular weight is 361 g/mol. The van der Waals surface area contributed by atoms with Gasteiger partial charge in [-0.1, -0.05) is 0 Å². The maximum absolute atomic E-state index is 12.4. The van der Waals surface area contributed by atoms with Gasteiger partial charge < -0.3 is 10.6 Å². The molecule has 26 heavy (non-hydrogen) atoms. The summed E-state index contributed by atoms with van der Waals surface area (Å²) < 4.78 is 1.90. The molecule has 0 unspecified atom stereocenters. The highest BCUT2D eigenvalue weighted by atomic mass is 16.2. The molecule has 1 aliphatic heterocycles. The molecule has 0 bridgehead atoms. The molecule has 1 aromatic heterocycles. The Bertz CT molecular complexity index is 625. The predicted molar refractivity (Wildman–Crippen MR) is 99.5 cm³/mol. The molecule has 0 spiro atoms. The van der Waals surface area contributed by atoms with Crippen molar-refractivity contribution < 1.29 is 9.59 Å². The lowest BCUT2D eigenvalue weighted by atomic mass is 10.1. The van der Waals surface area contributed by atoms with Crippen molar-refractivity contribution in [2.75, 3.05) is 19.6 Å². The van der Waals surface area contributed by atoms with Crippen LogP contribution in [0.4, 0.5) is 0 Å². The van der Waals surface area contributed by atoms with Crippen LogP contribution in [0.5, 0.6) is 0 Å². The lowest BCUT2D eigenvalue weighted by Gasteiger charge is -2.30. The minimum absolute atomic E-state index is 0.0199. The van der Waals surface area contributed by atoms with Gasteiger partial charge in [-0.15, -0.1) is 0 Å². The van der Waals surface area contributed by atoms with Gasteiger partial charge in [0.2, 0.25) is 11.8 Å². The number of nitrogens with one attached hydrogen (secondary N) is 2. The number of aromatic nitrogens is 2. The SMILES string of the molecule is CC(=O)NC[C@H]1CC[C@@H](CC(=O)NCCn2nccc2C)N1CC1CC1. The van der Waals surface area contributed by atoms with E-state index >= 15 is 0 Å². The van der Waals surface area contributed by atoms with Crippen LogP contribution in [0.3, 0.4) is 0 Å². The molecule has 1 aromatic rings. The highest BCUT2D eigenvalue weighted by Gasteiger charge is 2.37.